The van der Waals surface area contributed by atoms with Crippen molar-refractivity contribution < 1.29 is 41.0 Å². The molecule has 0 saturated carbocycles. The van der Waals surface area contributed by atoms with Crippen LogP contribution in [0.15, 0.2) is 64.9 Å². The Balaban J connectivity index is 1.37. The number of pyridine rings is 1. The van der Waals surface area contributed by atoms with Gasteiger partial charge in [-0.1, -0.05) is 17.7 Å². The lowest BCUT2D eigenvalue weighted by atomic mass is 9.94. The number of hydrogen-bond acceptors (Lipinski definition) is 8. The molecule has 9 nitrogen and oxygen atoms in total. The van der Waals surface area contributed by atoms with Crippen molar-refractivity contribution in [3.8, 4) is 5.75 Å². The summed E-state index contributed by atoms with van der Waals surface area (Å²) in [7, 11) is 1.17. The molecule has 3 heterocycles. The van der Waals surface area contributed by atoms with E-state index in [1.165, 1.54) is 18.1 Å². The monoisotopic (exact) mass is 649 g/mol. The van der Waals surface area contributed by atoms with Crippen molar-refractivity contribution in [3.63, 3.8) is 0 Å². The summed E-state index contributed by atoms with van der Waals surface area (Å²) in [5.41, 5.74) is 0.169. The van der Waals surface area contributed by atoms with Gasteiger partial charge in [-0.3, -0.25) is 14.7 Å². The Morgan fingerprint density at radius 1 is 0.956 bits per heavy atom. The topological polar surface area (TPSA) is 96.4 Å². The van der Waals surface area contributed by atoms with Gasteiger partial charge < -0.3 is 19.7 Å². The number of carbonyl (C=O) groups is 2. The third kappa shape index (κ3) is 7.23. The predicted molar refractivity (Wildman–Crippen MR) is 152 cm³/mol. The minimum Gasteiger partial charge on any atom is -0.481 e. The van der Waals surface area contributed by atoms with Crippen molar-refractivity contribution in [3.05, 3.63) is 105 Å². The van der Waals surface area contributed by atoms with E-state index in [1.807, 2.05) is 4.90 Å². The third-order valence-corrected chi connectivity index (χ3v) is 7.50. The van der Waals surface area contributed by atoms with Gasteiger partial charge >= 0.3 is 5.97 Å². The van der Waals surface area contributed by atoms with Crippen LogP contribution in [0, 0.1) is 29.1 Å². The maximum Gasteiger partial charge on any atom is 0.338 e. The van der Waals surface area contributed by atoms with E-state index in [4.69, 9.17) is 21.1 Å². The zero-order valence-corrected chi connectivity index (χ0v) is 24.4. The number of nitrogens with zero attached hydrogens (tertiary/aromatic N) is 4. The average Bonchev–Trinajstić information content (AvgIpc) is 3.00. The Hall–Kier alpha value is -4.56. The van der Waals surface area contributed by atoms with Gasteiger partial charge in [-0.25, -0.2) is 31.7 Å². The summed E-state index contributed by atoms with van der Waals surface area (Å²) in [6.45, 7) is 0.759. The summed E-state index contributed by atoms with van der Waals surface area (Å²) < 4.78 is 79.7. The van der Waals surface area contributed by atoms with Crippen molar-refractivity contribution in [1.82, 2.24) is 20.1 Å². The van der Waals surface area contributed by atoms with Crippen molar-refractivity contribution in [2.75, 3.05) is 46.4 Å². The maximum absolute atomic E-state index is 14.8. The van der Waals surface area contributed by atoms with E-state index in [1.54, 1.807) is 0 Å². The molecule has 0 spiro atoms. The second kappa shape index (κ2) is 13.6. The molecule has 1 fully saturated rings. The van der Waals surface area contributed by atoms with E-state index in [2.05, 4.69) is 15.3 Å². The van der Waals surface area contributed by atoms with Crippen LogP contribution in [-0.4, -0.2) is 78.9 Å². The van der Waals surface area contributed by atoms with Crippen LogP contribution in [0.2, 0.25) is 5.02 Å². The molecule has 5 rings (SSSR count). The van der Waals surface area contributed by atoms with E-state index < -0.39 is 53.6 Å². The molecular weight excluding hydrogens is 625 g/mol. The third-order valence-electron chi connectivity index (χ3n) is 7.17. The second-order valence-corrected chi connectivity index (χ2v) is 10.5. The molecule has 1 N–H and O–H groups in total. The minimum atomic E-state index is -1.17. The molecule has 15 heteroatoms. The average molecular weight is 650 g/mol. The number of benzene rings is 2. The van der Waals surface area contributed by atoms with Crippen molar-refractivity contribution in [2.45, 2.75) is 6.04 Å². The molecule has 2 aromatic carbocycles. The largest absolute Gasteiger partial charge is 0.481 e. The van der Waals surface area contributed by atoms with E-state index >= 15 is 0 Å². The molecule has 45 heavy (non-hydrogen) atoms. The number of amidine groups is 1. The molecule has 2 aliphatic rings. The standard InChI is InChI=1S/C30H25ClF5N5O4/c1-44-30(43)26-23(14-40-6-8-41(9-7-40)25(42)15-45-24-5-3-17(33)11-21(24)35)38-29(28-22(36)12-18(34)13-37-28)39-27(26)19-4-2-16(32)10-20(19)31/h2-5,10-13,27H,6-9,14-15H2,1H3,(H,38,39)/t27-/m0/s1. The first-order valence-corrected chi connectivity index (χ1v) is 13.9. The first-order chi connectivity index (χ1) is 21.5. The summed E-state index contributed by atoms with van der Waals surface area (Å²) >= 11 is 6.35. The van der Waals surface area contributed by atoms with Gasteiger partial charge in [0.2, 0.25) is 0 Å². The number of carbonyl (C=O) groups excluding carboxylic acids is 2. The van der Waals surface area contributed by atoms with Gasteiger partial charge in [0.15, 0.2) is 29.8 Å². The summed E-state index contributed by atoms with van der Waals surface area (Å²) in [4.78, 5) is 37.6. The van der Waals surface area contributed by atoms with Crippen LogP contribution in [0.4, 0.5) is 22.0 Å². The van der Waals surface area contributed by atoms with E-state index in [9.17, 15) is 31.5 Å². The number of methoxy groups -OCH3 is 1. The van der Waals surface area contributed by atoms with Crippen LogP contribution in [-0.2, 0) is 14.3 Å². The lowest BCUT2D eigenvalue weighted by molar-refractivity contribution is -0.136. The highest BCUT2D eigenvalue weighted by atomic mass is 35.5. The Morgan fingerprint density at radius 3 is 2.31 bits per heavy atom. The minimum absolute atomic E-state index is 0.0190. The number of aliphatic imine (C=N–C) groups is 1. The lowest BCUT2D eigenvalue weighted by Gasteiger charge is -2.36. The number of hydrogen-bond donors (Lipinski definition) is 1. The second-order valence-electron chi connectivity index (χ2n) is 10.1. The van der Waals surface area contributed by atoms with Crippen LogP contribution >= 0.6 is 11.6 Å². The van der Waals surface area contributed by atoms with Crippen LogP contribution in [0.25, 0.3) is 0 Å². The number of halogens is 6. The van der Waals surface area contributed by atoms with Gasteiger partial charge in [0, 0.05) is 61.1 Å². The Bertz CT molecular complexity index is 1700. The first-order valence-electron chi connectivity index (χ1n) is 13.5. The van der Waals surface area contributed by atoms with E-state index in [0.29, 0.717) is 25.2 Å². The zero-order chi connectivity index (χ0) is 32.2. The molecule has 0 unspecified atom stereocenters. The van der Waals surface area contributed by atoms with Crippen molar-refractivity contribution in [2.24, 2.45) is 4.99 Å². The maximum atomic E-state index is 14.8. The van der Waals surface area contributed by atoms with Crippen LogP contribution in [0.3, 0.4) is 0 Å². The number of nitrogens with one attached hydrogen (secondary N) is 1. The van der Waals surface area contributed by atoms with Gasteiger partial charge in [0.05, 0.1) is 18.9 Å². The van der Waals surface area contributed by atoms with Gasteiger partial charge in [-0.15, -0.1) is 0 Å². The number of amides is 1. The molecule has 236 valence electrons. The predicted octanol–water partition coefficient (Wildman–Crippen LogP) is 4.17. The number of aromatic nitrogens is 1. The molecule has 1 aromatic heterocycles. The highest BCUT2D eigenvalue weighted by Crippen LogP contribution is 2.37. The highest BCUT2D eigenvalue weighted by molar-refractivity contribution is 6.31. The quantitative estimate of drug-likeness (QED) is 0.289. The first kappa shape index (κ1) is 31.9. The molecule has 0 aliphatic carbocycles. The van der Waals surface area contributed by atoms with Gasteiger partial charge in [0.1, 0.15) is 29.2 Å². The molecule has 1 amide bonds. The Morgan fingerprint density at radius 2 is 1.64 bits per heavy atom. The fourth-order valence-electron chi connectivity index (χ4n) is 4.93. The SMILES string of the molecule is COC(=O)C1=C(CN2CCN(C(=O)COc3ccc(F)cc3F)CC2)NC(c2ncc(F)cc2F)=N[C@H]1c1ccc(F)cc1Cl. The summed E-state index contributed by atoms with van der Waals surface area (Å²) in [6.07, 6.45) is 0.812. The molecule has 2 aliphatic heterocycles. The lowest BCUT2D eigenvalue weighted by Crippen LogP contribution is -2.51. The van der Waals surface area contributed by atoms with Gasteiger partial charge in [-0.05, 0) is 24.3 Å². The summed E-state index contributed by atoms with van der Waals surface area (Å²) in [5, 5.41) is 2.89. The molecule has 0 radical (unpaired) electrons. The number of esters is 1. The molecule has 1 atom stereocenters. The number of rotatable bonds is 8. The van der Waals surface area contributed by atoms with Crippen LogP contribution in [0.1, 0.15) is 17.3 Å². The Kier molecular flexibility index (Phi) is 9.63. The summed E-state index contributed by atoms with van der Waals surface area (Å²) in [5.74, 6) is -5.82. The number of ether oxygens (including phenoxy) is 2. The Labute approximate surface area is 258 Å². The van der Waals surface area contributed by atoms with Crippen LogP contribution < -0.4 is 10.1 Å². The zero-order valence-electron chi connectivity index (χ0n) is 23.6. The van der Waals surface area contributed by atoms with Gasteiger partial charge in [0.25, 0.3) is 5.91 Å². The van der Waals surface area contributed by atoms with Gasteiger partial charge in [-0.2, -0.15) is 0 Å². The fraction of sp³-hybridized carbons (Fsp3) is 0.267. The van der Waals surface area contributed by atoms with Crippen molar-refractivity contribution >= 4 is 29.3 Å². The van der Waals surface area contributed by atoms with E-state index in [-0.39, 0.29) is 58.8 Å². The highest BCUT2D eigenvalue weighted by Gasteiger charge is 2.35. The fourth-order valence-corrected chi connectivity index (χ4v) is 5.20. The molecule has 1 saturated heterocycles. The molecule has 3 aromatic rings. The molecular formula is C30H25ClF5N5O4. The smallest absolute Gasteiger partial charge is 0.338 e. The van der Waals surface area contributed by atoms with E-state index in [0.717, 1.165) is 30.5 Å². The van der Waals surface area contributed by atoms with Crippen LogP contribution in [0.5, 0.6) is 5.75 Å². The van der Waals surface area contributed by atoms with Crippen molar-refractivity contribution in [1.29, 1.82) is 0 Å². The number of piperazine rings is 1. The summed E-state index contributed by atoms with van der Waals surface area (Å²) in [6, 6.07) is 5.75. The molecule has 0 bridgehead atoms. The normalized spacial score (nSPS) is 17.1.